The molecule has 0 unspecified atom stereocenters. The van der Waals surface area contributed by atoms with Crippen LogP contribution >= 0.6 is 0 Å². The predicted octanol–water partition coefficient (Wildman–Crippen LogP) is 3.44. The second kappa shape index (κ2) is 8.91. The van der Waals surface area contributed by atoms with E-state index in [0.29, 0.717) is 29.6 Å². The van der Waals surface area contributed by atoms with E-state index in [4.69, 9.17) is 9.82 Å². The highest BCUT2D eigenvalue weighted by Crippen LogP contribution is 2.39. The fourth-order valence-electron chi connectivity index (χ4n) is 5.50. The average Bonchev–Trinajstić information content (AvgIpc) is 3.36. The monoisotopic (exact) mass is 511 g/mol. The van der Waals surface area contributed by atoms with Gasteiger partial charge in [-0.3, -0.25) is 19.4 Å². The molecule has 0 fully saturated rings. The molecule has 0 bridgehead atoms. The van der Waals surface area contributed by atoms with Crippen molar-refractivity contribution in [3.63, 3.8) is 0 Å². The van der Waals surface area contributed by atoms with Gasteiger partial charge in [0.25, 0.3) is 11.5 Å². The maximum atomic E-state index is 13.0. The Morgan fingerprint density at radius 2 is 1.92 bits per heavy atom. The van der Waals surface area contributed by atoms with E-state index in [9.17, 15) is 9.59 Å². The molecule has 10 nitrogen and oxygen atoms in total. The number of rotatable bonds is 3. The molecule has 194 valence electrons. The number of hydrogen-bond acceptors (Lipinski definition) is 7. The van der Waals surface area contributed by atoms with Crippen LogP contribution < -0.4 is 16.4 Å². The molecule has 1 aliphatic carbocycles. The Labute approximate surface area is 219 Å². The molecule has 1 amide bonds. The molecule has 5 heterocycles. The van der Waals surface area contributed by atoms with Crippen LogP contribution in [0.3, 0.4) is 0 Å². The zero-order valence-electron chi connectivity index (χ0n) is 21.8. The molecule has 0 aromatic carbocycles. The standard InChI is InChI=1S/C28H29N7O3/c1-16-29-8-6-25(31-16)32-21-9-18(13-34(4)27(21)37)19-5-7-30-22-14-35-23(26(36)33-38-15-20(19)22)10-17-11-28(2,3)12-24(17)35/h5-10,13H,11-12,14-15H2,1-4H3,(H,33,36)(H,29,31,32). The molecular weight excluding hydrogens is 482 g/mol. The zero-order chi connectivity index (χ0) is 26.6. The molecule has 4 aromatic rings. The van der Waals surface area contributed by atoms with Crippen LogP contribution in [-0.2, 0) is 37.9 Å². The number of hydroxylamine groups is 1. The third-order valence-electron chi connectivity index (χ3n) is 7.21. The minimum absolute atomic E-state index is 0.138. The Kier molecular flexibility index (Phi) is 5.64. The van der Waals surface area contributed by atoms with Gasteiger partial charge in [-0.05, 0) is 60.6 Å². The number of carbonyl (C=O) groups is 1. The number of aromatic nitrogens is 5. The van der Waals surface area contributed by atoms with Gasteiger partial charge in [0.15, 0.2) is 0 Å². The second-order valence-electron chi connectivity index (χ2n) is 10.8. The number of nitrogens with zero attached hydrogens (tertiary/aromatic N) is 5. The van der Waals surface area contributed by atoms with Gasteiger partial charge in [0.1, 0.15) is 29.6 Å². The first-order valence-corrected chi connectivity index (χ1v) is 12.6. The second-order valence-corrected chi connectivity index (χ2v) is 10.8. The number of carbonyl (C=O) groups excluding carboxylic acids is 1. The Hall–Kier alpha value is -4.31. The molecular formula is C28H29N7O3. The topological polar surface area (TPSA) is 116 Å². The van der Waals surface area contributed by atoms with Gasteiger partial charge in [-0.25, -0.2) is 15.4 Å². The van der Waals surface area contributed by atoms with Crippen molar-refractivity contribution in [3.05, 3.63) is 87.2 Å². The van der Waals surface area contributed by atoms with Crippen LogP contribution in [0.4, 0.5) is 11.5 Å². The van der Waals surface area contributed by atoms with Gasteiger partial charge in [-0.2, -0.15) is 0 Å². The lowest BCUT2D eigenvalue weighted by atomic mass is 9.90. The number of amides is 1. The van der Waals surface area contributed by atoms with Gasteiger partial charge in [0.2, 0.25) is 0 Å². The summed E-state index contributed by atoms with van der Waals surface area (Å²) in [5.41, 5.74) is 9.27. The number of pyridine rings is 2. The molecule has 0 radical (unpaired) electrons. The number of hydrogen-bond donors (Lipinski definition) is 2. The zero-order valence-corrected chi connectivity index (χ0v) is 21.8. The van der Waals surface area contributed by atoms with Crippen molar-refractivity contribution in [1.82, 2.24) is 29.6 Å². The lowest BCUT2D eigenvalue weighted by Gasteiger charge is -2.19. The molecule has 0 spiro atoms. The molecule has 2 aliphatic rings. The minimum atomic E-state index is -0.264. The number of nitrogens with one attached hydrogen (secondary N) is 2. The van der Waals surface area contributed by atoms with Crippen LogP contribution in [0.1, 0.15) is 52.7 Å². The van der Waals surface area contributed by atoms with Gasteiger partial charge < -0.3 is 14.5 Å². The summed E-state index contributed by atoms with van der Waals surface area (Å²) in [5.74, 6) is 0.879. The third-order valence-corrected chi connectivity index (χ3v) is 7.21. The maximum Gasteiger partial charge on any atom is 0.291 e. The fourth-order valence-corrected chi connectivity index (χ4v) is 5.50. The van der Waals surface area contributed by atoms with Crippen LogP contribution in [0.2, 0.25) is 0 Å². The van der Waals surface area contributed by atoms with E-state index in [0.717, 1.165) is 35.2 Å². The molecule has 0 saturated heterocycles. The summed E-state index contributed by atoms with van der Waals surface area (Å²) < 4.78 is 3.62. The Morgan fingerprint density at radius 1 is 1.11 bits per heavy atom. The van der Waals surface area contributed by atoms with Crippen molar-refractivity contribution in [2.24, 2.45) is 12.5 Å². The number of aryl methyl sites for hydroxylation is 2. The van der Waals surface area contributed by atoms with Crippen LogP contribution in [0.15, 0.2) is 47.7 Å². The largest absolute Gasteiger partial charge is 0.336 e. The highest BCUT2D eigenvalue weighted by atomic mass is 16.6. The maximum absolute atomic E-state index is 13.0. The van der Waals surface area contributed by atoms with Crippen LogP contribution in [0.25, 0.3) is 11.1 Å². The summed E-state index contributed by atoms with van der Waals surface area (Å²) >= 11 is 0. The molecule has 0 atom stereocenters. The summed E-state index contributed by atoms with van der Waals surface area (Å²) in [6, 6.07) is 7.42. The Balaban J connectivity index is 1.44. The van der Waals surface area contributed by atoms with Gasteiger partial charge >= 0.3 is 0 Å². The Morgan fingerprint density at radius 3 is 2.74 bits per heavy atom. The minimum Gasteiger partial charge on any atom is -0.336 e. The van der Waals surface area contributed by atoms with E-state index in [1.165, 1.54) is 15.8 Å². The molecule has 1 aliphatic heterocycles. The average molecular weight is 512 g/mol. The van der Waals surface area contributed by atoms with E-state index >= 15 is 0 Å². The summed E-state index contributed by atoms with van der Waals surface area (Å²) in [4.78, 5) is 44.8. The van der Waals surface area contributed by atoms with Crippen LogP contribution in [-0.4, -0.2) is 30.0 Å². The van der Waals surface area contributed by atoms with Gasteiger partial charge in [-0.15, -0.1) is 0 Å². The van der Waals surface area contributed by atoms with Crippen LogP contribution in [0, 0.1) is 12.3 Å². The lowest BCUT2D eigenvalue weighted by Crippen LogP contribution is -2.26. The van der Waals surface area contributed by atoms with E-state index in [1.807, 2.05) is 18.2 Å². The van der Waals surface area contributed by atoms with E-state index in [1.54, 1.807) is 38.6 Å². The van der Waals surface area contributed by atoms with Crippen molar-refractivity contribution < 1.29 is 9.63 Å². The van der Waals surface area contributed by atoms with E-state index in [2.05, 4.69) is 39.2 Å². The Bertz CT molecular complexity index is 1650. The first-order valence-electron chi connectivity index (χ1n) is 12.6. The molecule has 10 heteroatoms. The van der Waals surface area contributed by atoms with Crippen molar-refractivity contribution in [2.75, 3.05) is 5.32 Å². The summed E-state index contributed by atoms with van der Waals surface area (Å²) in [6.45, 7) is 6.88. The first kappa shape index (κ1) is 24.1. The van der Waals surface area contributed by atoms with Crippen molar-refractivity contribution >= 4 is 17.4 Å². The number of fused-ring (bicyclic) bond motifs is 4. The summed E-state index contributed by atoms with van der Waals surface area (Å²) in [7, 11) is 1.71. The van der Waals surface area contributed by atoms with Gasteiger partial charge in [0.05, 0.1) is 12.2 Å². The lowest BCUT2D eigenvalue weighted by molar-refractivity contribution is 0.0231. The molecule has 2 N–H and O–H groups in total. The SMILES string of the molecule is Cc1nccc(Nc2cc(-c3ccnc4c3CONC(=O)c3cc5c(n3C4)CC(C)(C)C5)cn(C)c2=O)n1. The van der Waals surface area contributed by atoms with Crippen molar-refractivity contribution in [3.8, 4) is 11.1 Å². The summed E-state index contributed by atoms with van der Waals surface area (Å²) in [6.07, 6.45) is 7.02. The highest BCUT2D eigenvalue weighted by molar-refractivity contribution is 5.92. The molecule has 6 rings (SSSR count). The highest BCUT2D eigenvalue weighted by Gasteiger charge is 2.34. The predicted molar refractivity (Wildman–Crippen MR) is 142 cm³/mol. The van der Waals surface area contributed by atoms with Crippen molar-refractivity contribution in [1.29, 1.82) is 0 Å². The van der Waals surface area contributed by atoms with Gasteiger partial charge in [-0.1, -0.05) is 13.8 Å². The summed E-state index contributed by atoms with van der Waals surface area (Å²) in [5, 5.41) is 3.14. The quantitative estimate of drug-likeness (QED) is 0.433. The fraction of sp³-hybridized carbons (Fsp3) is 0.321. The molecule has 38 heavy (non-hydrogen) atoms. The third kappa shape index (κ3) is 4.26. The smallest absolute Gasteiger partial charge is 0.291 e. The first-order chi connectivity index (χ1) is 18.2. The number of anilines is 2. The van der Waals surface area contributed by atoms with E-state index in [-0.39, 0.29) is 23.5 Å². The van der Waals surface area contributed by atoms with Gasteiger partial charge in [0, 0.05) is 42.5 Å². The van der Waals surface area contributed by atoms with E-state index < -0.39 is 0 Å². The normalized spacial score (nSPS) is 15.9. The van der Waals surface area contributed by atoms with Crippen molar-refractivity contribution in [2.45, 2.75) is 46.8 Å². The molecule has 4 aromatic heterocycles. The van der Waals surface area contributed by atoms with Crippen LogP contribution in [0.5, 0.6) is 0 Å². The molecule has 0 saturated carbocycles.